The quantitative estimate of drug-likeness (QED) is 0.925. The zero-order valence-electron chi connectivity index (χ0n) is 11.5. The average Bonchev–Trinajstić information content (AvgIpc) is 2.93. The van der Waals surface area contributed by atoms with E-state index in [2.05, 4.69) is 15.0 Å². The van der Waals surface area contributed by atoms with Crippen LogP contribution in [0.25, 0.3) is 11.1 Å². The van der Waals surface area contributed by atoms with E-state index in [9.17, 15) is 13.2 Å². The van der Waals surface area contributed by atoms with Crippen molar-refractivity contribution in [1.29, 1.82) is 0 Å². The Labute approximate surface area is 123 Å². The van der Waals surface area contributed by atoms with Crippen LogP contribution in [0.15, 0.2) is 23.3 Å². The van der Waals surface area contributed by atoms with Gasteiger partial charge < -0.3 is 10.5 Å². The molecule has 8 heteroatoms. The minimum absolute atomic E-state index is 0.0158. The molecule has 0 radical (unpaired) electrons. The molecular formula is C14H11F3N4O. The van der Waals surface area contributed by atoms with E-state index in [1.807, 2.05) is 0 Å². The Kier molecular flexibility index (Phi) is 3.23. The van der Waals surface area contributed by atoms with Crippen molar-refractivity contribution in [3.63, 3.8) is 0 Å². The molecule has 0 fully saturated rings. The predicted octanol–water partition coefficient (Wildman–Crippen LogP) is 2.69. The number of ether oxygens (including phenoxy) is 1. The minimum Gasteiger partial charge on any atom is -0.480 e. The number of methoxy groups -OCH3 is 1. The van der Waals surface area contributed by atoms with Gasteiger partial charge in [0.2, 0.25) is 11.8 Å². The van der Waals surface area contributed by atoms with Crippen LogP contribution < -0.4 is 10.5 Å². The highest BCUT2D eigenvalue weighted by molar-refractivity contribution is 5.95. The van der Waals surface area contributed by atoms with Crippen molar-refractivity contribution >= 4 is 12.2 Å². The standard InChI is InChI=1S/C14H11F3N4O/c1-22-12-11(6-20-13(18)21-12)9-3-8(14(15,16)17)2-7-4-19-5-10(7)9/h2-3,5-6H,4H2,1H3,(H2,18,20,21). The molecule has 1 aliphatic rings. The van der Waals surface area contributed by atoms with E-state index in [0.29, 0.717) is 22.3 Å². The number of nitrogens with two attached hydrogens (primary N) is 1. The first-order valence-corrected chi connectivity index (χ1v) is 6.31. The number of anilines is 1. The highest BCUT2D eigenvalue weighted by Crippen LogP contribution is 2.39. The van der Waals surface area contributed by atoms with Gasteiger partial charge in [-0.25, -0.2) is 4.98 Å². The Morgan fingerprint density at radius 3 is 2.68 bits per heavy atom. The third-order valence-corrected chi connectivity index (χ3v) is 3.33. The number of aliphatic imine (C=N–C) groups is 1. The highest BCUT2D eigenvalue weighted by Gasteiger charge is 2.33. The highest BCUT2D eigenvalue weighted by atomic mass is 19.4. The summed E-state index contributed by atoms with van der Waals surface area (Å²) in [5.74, 6) is 0.104. The number of alkyl halides is 3. The fourth-order valence-corrected chi connectivity index (χ4v) is 2.34. The number of hydrogen-bond donors (Lipinski definition) is 1. The number of fused-ring (bicyclic) bond motifs is 1. The van der Waals surface area contributed by atoms with Crippen LogP contribution in [0.5, 0.6) is 5.88 Å². The molecule has 0 bridgehead atoms. The van der Waals surface area contributed by atoms with Crippen molar-refractivity contribution in [2.45, 2.75) is 12.7 Å². The monoisotopic (exact) mass is 308 g/mol. The number of rotatable bonds is 2. The van der Waals surface area contributed by atoms with Crippen LogP contribution in [0.3, 0.4) is 0 Å². The molecule has 2 heterocycles. The first kappa shape index (κ1) is 14.3. The van der Waals surface area contributed by atoms with Crippen LogP contribution in [0.4, 0.5) is 19.1 Å². The van der Waals surface area contributed by atoms with E-state index in [1.54, 1.807) is 6.21 Å². The van der Waals surface area contributed by atoms with Gasteiger partial charge in [-0.15, -0.1) is 0 Å². The minimum atomic E-state index is -4.45. The molecule has 2 aromatic rings. The third-order valence-electron chi connectivity index (χ3n) is 3.33. The van der Waals surface area contributed by atoms with E-state index in [1.165, 1.54) is 13.3 Å². The number of nitrogens with zero attached hydrogens (tertiary/aromatic N) is 3. The van der Waals surface area contributed by atoms with Crippen LogP contribution in [-0.4, -0.2) is 23.3 Å². The maximum Gasteiger partial charge on any atom is 0.416 e. The van der Waals surface area contributed by atoms with Gasteiger partial charge in [0.15, 0.2) is 0 Å². The predicted molar refractivity (Wildman–Crippen MR) is 74.7 cm³/mol. The molecule has 0 unspecified atom stereocenters. The van der Waals surface area contributed by atoms with Gasteiger partial charge in [-0.05, 0) is 23.3 Å². The second-order valence-electron chi connectivity index (χ2n) is 4.72. The van der Waals surface area contributed by atoms with Gasteiger partial charge in [0.25, 0.3) is 0 Å². The zero-order valence-corrected chi connectivity index (χ0v) is 11.5. The van der Waals surface area contributed by atoms with Crippen LogP contribution in [0.1, 0.15) is 16.7 Å². The summed E-state index contributed by atoms with van der Waals surface area (Å²) in [5.41, 5.74) is 6.52. The average molecular weight is 308 g/mol. The molecular weight excluding hydrogens is 297 g/mol. The summed E-state index contributed by atoms with van der Waals surface area (Å²) in [6.07, 6.45) is -1.56. The topological polar surface area (TPSA) is 73.4 Å². The van der Waals surface area contributed by atoms with Gasteiger partial charge in [-0.2, -0.15) is 18.2 Å². The summed E-state index contributed by atoms with van der Waals surface area (Å²) >= 11 is 0. The lowest BCUT2D eigenvalue weighted by Gasteiger charge is -2.14. The van der Waals surface area contributed by atoms with Gasteiger partial charge in [0, 0.05) is 18.0 Å². The van der Waals surface area contributed by atoms with Crippen molar-refractivity contribution in [2.75, 3.05) is 12.8 Å². The smallest absolute Gasteiger partial charge is 0.416 e. The van der Waals surface area contributed by atoms with E-state index in [4.69, 9.17) is 10.5 Å². The number of nitrogen functional groups attached to an aromatic ring is 1. The van der Waals surface area contributed by atoms with E-state index in [-0.39, 0.29) is 18.4 Å². The number of aromatic nitrogens is 2. The summed E-state index contributed by atoms with van der Waals surface area (Å²) in [5, 5.41) is 0. The molecule has 5 nitrogen and oxygen atoms in total. The van der Waals surface area contributed by atoms with Gasteiger partial charge >= 0.3 is 6.18 Å². The molecule has 0 saturated heterocycles. The molecule has 3 rings (SSSR count). The molecule has 0 atom stereocenters. The number of hydrogen-bond acceptors (Lipinski definition) is 5. The Morgan fingerprint density at radius 1 is 1.23 bits per heavy atom. The lowest BCUT2D eigenvalue weighted by Crippen LogP contribution is -2.08. The van der Waals surface area contributed by atoms with Crippen molar-refractivity contribution in [3.05, 3.63) is 35.0 Å². The molecule has 1 aromatic heterocycles. The number of benzene rings is 1. The number of halogens is 3. The summed E-state index contributed by atoms with van der Waals surface area (Å²) < 4.78 is 44.3. The summed E-state index contributed by atoms with van der Waals surface area (Å²) in [6.45, 7) is 0.213. The molecule has 0 amide bonds. The van der Waals surface area contributed by atoms with Crippen molar-refractivity contribution < 1.29 is 17.9 Å². The van der Waals surface area contributed by atoms with Gasteiger partial charge in [0.1, 0.15) is 0 Å². The Morgan fingerprint density at radius 2 is 2.00 bits per heavy atom. The fraction of sp³-hybridized carbons (Fsp3) is 0.214. The van der Waals surface area contributed by atoms with Crippen molar-refractivity contribution in [3.8, 4) is 17.0 Å². The van der Waals surface area contributed by atoms with Crippen molar-refractivity contribution in [1.82, 2.24) is 9.97 Å². The SMILES string of the molecule is COc1nc(N)ncc1-c1cc(C(F)(F)F)cc2c1C=NC2. The fourth-order valence-electron chi connectivity index (χ4n) is 2.34. The van der Waals surface area contributed by atoms with E-state index < -0.39 is 11.7 Å². The molecule has 2 N–H and O–H groups in total. The van der Waals surface area contributed by atoms with Crippen LogP contribution >= 0.6 is 0 Å². The molecule has 1 aromatic carbocycles. The maximum atomic E-state index is 13.1. The Balaban J connectivity index is 2.26. The van der Waals surface area contributed by atoms with Crippen LogP contribution in [0, 0.1) is 0 Å². The van der Waals surface area contributed by atoms with Crippen LogP contribution in [-0.2, 0) is 12.7 Å². The Hall–Kier alpha value is -2.64. The summed E-state index contributed by atoms with van der Waals surface area (Å²) in [6, 6.07) is 2.16. The van der Waals surface area contributed by atoms with Gasteiger partial charge in [-0.1, -0.05) is 0 Å². The van der Waals surface area contributed by atoms with E-state index >= 15 is 0 Å². The Bertz CT molecular complexity index is 771. The molecule has 114 valence electrons. The van der Waals surface area contributed by atoms with Gasteiger partial charge in [-0.3, -0.25) is 4.99 Å². The first-order valence-electron chi connectivity index (χ1n) is 6.31. The van der Waals surface area contributed by atoms with Crippen molar-refractivity contribution in [2.24, 2.45) is 4.99 Å². The lowest BCUT2D eigenvalue weighted by atomic mass is 9.95. The van der Waals surface area contributed by atoms with Crippen LogP contribution in [0.2, 0.25) is 0 Å². The molecule has 22 heavy (non-hydrogen) atoms. The van der Waals surface area contributed by atoms with Gasteiger partial charge in [0.05, 0.1) is 24.8 Å². The summed E-state index contributed by atoms with van der Waals surface area (Å²) in [4.78, 5) is 11.8. The largest absolute Gasteiger partial charge is 0.480 e. The maximum absolute atomic E-state index is 13.1. The first-order chi connectivity index (χ1) is 10.4. The lowest BCUT2D eigenvalue weighted by molar-refractivity contribution is -0.137. The third kappa shape index (κ3) is 2.36. The molecule has 1 aliphatic heterocycles. The normalized spacial score (nSPS) is 13.3. The zero-order chi connectivity index (χ0) is 15.9. The second kappa shape index (κ2) is 4.97. The molecule has 0 saturated carbocycles. The summed E-state index contributed by atoms with van der Waals surface area (Å²) in [7, 11) is 1.37. The second-order valence-corrected chi connectivity index (χ2v) is 4.72. The molecule has 0 spiro atoms. The van der Waals surface area contributed by atoms with E-state index in [0.717, 1.165) is 12.1 Å². The molecule has 0 aliphatic carbocycles.